The van der Waals surface area contributed by atoms with Crippen LogP contribution in [0.1, 0.15) is 18.1 Å². The quantitative estimate of drug-likeness (QED) is 0.556. The Morgan fingerprint density at radius 1 is 1.21 bits per heavy atom. The summed E-state index contributed by atoms with van der Waals surface area (Å²) in [4.78, 5) is 36.6. The van der Waals surface area contributed by atoms with Gasteiger partial charge in [-0.05, 0) is 6.92 Å². The molecule has 0 saturated carbocycles. The first-order chi connectivity index (χ1) is 8.97. The molecule has 0 fully saturated rings. The van der Waals surface area contributed by atoms with Gasteiger partial charge in [0, 0.05) is 12.8 Å². The van der Waals surface area contributed by atoms with Gasteiger partial charge in [-0.15, -0.1) is 0 Å². The monoisotopic (exact) mass is 270 g/mol. The van der Waals surface area contributed by atoms with Crippen LogP contribution in [-0.4, -0.2) is 46.1 Å². The van der Waals surface area contributed by atoms with E-state index in [1.807, 2.05) is 0 Å². The van der Waals surface area contributed by atoms with Crippen LogP contribution < -0.4 is 10.6 Å². The lowest BCUT2D eigenvalue weighted by molar-refractivity contribution is -0.137. The maximum absolute atomic E-state index is 11.4. The number of nitrogens with zero attached hydrogens (tertiary/aromatic N) is 2. The van der Waals surface area contributed by atoms with Crippen LogP contribution in [0.25, 0.3) is 0 Å². The van der Waals surface area contributed by atoms with E-state index < -0.39 is 18.4 Å². The van der Waals surface area contributed by atoms with Crippen molar-refractivity contribution >= 4 is 17.8 Å². The molecular weight excluding hydrogens is 256 g/mol. The zero-order valence-electron chi connectivity index (χ0n) is 10.3. The minimum absolute atomic E-state index is 0.105. The highest BCUT2D eigenvalue weighted by atomic mass is 16.5. The van der Waals surface area contributed by atoms with E-state index in [0.29, 0.717) is 11.7 Å². The van der Waals surface area contributed by atoms with Crippen molar-refractivity contribution in [2.45, 2.75) is 19.8 Å². The Bertz CT molecular complexity index is 470. The average Bonchev–Trinajstić information content (AvgIpc) is 2.77. The Kier molecular flexibility index (Phi) is 5.45. The largest absolute Gasteiger partial charge is 0.480 e. The van der Waals surface area contributed by atoms with Crippen LogP contribution >= 0.6 is 0 Å². The first-order valence-electron chi connectivity index (χ1n) is 5.51. The third kappa shape index (κ3) is 6.15. The molecule has 0 spiro atoms. The van der Waals surface area contributed by atoms with E-state index in [0.717, 1.165) is 0 Å². The number of carboxylic acid groups (broad SMARTS) is 1. The zero-order chi connectivity index (χ0) is 14.3. The summed E-state index contributed by atoms with van der Waals surface area (Å²) in [5, 5.41) is 16.4. The van der Waals surface area contributed by atoms with Crippen LogP contribution in [0.4, 0.5) is 0 Å². The topological polar surface area (TPSA) is 134 Å². The number of carboxylic acids is 1. The molecule has 0 atom stereocenters. The van der Waals surface area contributed by atoms with Crippen molar-refractivity contribution in [3.05, 3.63) is 11.7 Å². The third-order valence-corrected chi connectivity index (χ3v) is 2.02. The lowest BCUT2D eigenvalue weighted by Gasteiger charge is -2.04. The van der Waals surface area contributed by atoms with Crippen molar-refractivity contribution < 1.29 is 24.0 Å². The van der Waals surface area contributed by atoms with Crippen molar-refractivity contribution in [3.63, 3.8) is 0 Å². The Hall–Kier alpha value is -2.45. The number of amides is 2. The molecule has 0 unspecified atom stereocenters. The number of carbonyl (C=O) groups excluding carboxylic acids is 2. The van der Waals surface area contributed by atoms with Crippen LogP contribution in [-0.2, 0) is 20.8 Å². The summed E-state index contributed by atoms with van der Waals surface area (Å²) in [5.74, 6) is -1.23. The molecule has 0 aromatic carbocycles. The second-order valence-corrected chi connectivity index (χ2v) is 3.68. The maximum atomic E-state index is 11.4. The maximum Gasteiger partial charge on any atom is 0.322 e. The highest BCUT2D eigenvalue weighted by Crippen LogP contribution is 1.99. The van der Waals surface area contributed by atoms with Crippen molar-refractivity contribution in [2.24, 2.45) is 0 Å². The van der Waals surface area contributed by atoms with Gasteiger partial charge in [0.05, 0.1) is 6.54 Å². The molecule has 1 aromatic heterocycles. The smallest absolute Gasteiger partial charge is 0.322 e. The summed E-state index contributed by atoms with van der Waals surface area (Å²) in [5.41, 5.74) is 0. The highest BCUT2D eigenvalue weighted by Gasteiger charge is 2.09. The molecule has 0 bridgehead atoms. The van der Waals surface area contributed by atoms with Gasteiger partial charge in [0.25, 0.3) is 0 Å². The molecule has 104 valence electrons. The van der Waals surface area contributed by atoms with Gasteiger partial charge in [-0.1, -0.05) is 5.16 Å². The SMILES string of the molecule is Cc1noc(CCC(=O)NCC(=O)NCC(=O)O)n1. The Labute approximate surface area is 108 Å². The van der Waals surface area contributed by atoms with Gasteiger partial charge in [-0.3, -0.25) is 14.4 Å². The fourth-order valence-corrected chi connectivity index (χ4v) is 1.17. The molecule has 0 aliphatic rings. The van der Waals surface area contributed by atoms with Gasteiger partial charge in [0.1, 0.15) is 6.54 Å². The van der Waals surface area contributed by atoms with Crippen LogP contribution in [0, 0.1) is 6.92 Å². The fourth-order valence-electron chi connectivity index (χ4n) is 1.17. The number of nitrogens with one attached hydrogen (secondary N) is 2. The second-order valence-electron chi connectivity index (χ2n) is 3.68. The van der Waals surface area contributed by atoms with Gasteiger partial charge in [-0.25, -0.2) is 0 Å². The van der Waals surface area contributed by atoms with Crippen LogP contribution in [0.5, 0.6) is 0 Å². The zero-order valence-corrected chi connectivity index (χ0v) is 10.3. The molecule has 1 rings (SSSR count). The molecule has 0 saturated heterocycles. The van der Waals surface area contributed by atoms with Crippen LogP contribution in [0.2, 0.25) is 0 Å². The fraction of sp³-hybridized carbons (Fsp3) is 0.500. The first kappa shape index (κ1) is 14.6. The molecule has 0 aliphatic heterocycles. The summed E-state index contributed by atoms with van der Waals surface area (Å²) < 4.78 is 4.82. The van der Waals surface area contributed by atoms with Crippen molar-refractivity contribution in [1.29, 1.82) is 0 Å². The number of hydrogen-bond donors (Lipinski definition) is 3. The Balaban J connectivity index is 2.17. The van der Waals surface area contributed by atoms with Crippen LogP contribution in [0.3, 0.4) is 0 Å². The summed E-state index contributed by atoms with van der Waals surface area (Å²) in [6.07, 6.45) is 0.386. The van der Waals surface area contributed by atoms with Crippen molar-refractivity contribution in [1.82, 2.24) is 20.8 Å². The molecule has 9 heteroatoms. The molecule has 19 heavy (non-hydrogen) atoms. The number of aromatic nitrogens is 2. The summed E-state index contributed by atoms with van der Waals surface area (Å²) in [6.45, 7) is 0.921. The molecular formula is C10H14N4O5. The van der Waals surface area contributed by atoms with Gasteiger partial charge in [-0.2, -0.15) is 4.98 Å². The van der Waals surface area contributed by atoms with E-state index in [2.05, 4.69) is 20.8 Å². The summed E-state index contributed by atoms with van der Waals surface area (Å²) >= 11 is 0. The van der Waals surface area contributed by atoms with Crippen molar-refractivity contribution in [3.8, 4) is 0 Å². The lowest BCUT2D eigenvalue weighted by Crippen LogP contribution is -2.39. The van der Waals surface area contributed by atoms with E-state index in [1.54, 1.807) is 6.92 Å². The molecule has 1 aromatic rings. The Morgan fingerprint density at radius 3 is 2.47 bits per heavy atom. The molecule has 3 N–H and O–H groups in total. The summed E-state index contributed by atoms with van der Waals surface area (Å²) in [7, 11) is 0. The minimum atomic E-state index is -1.15. The Morgan fingerprint density at radius 2 is 1.89 bits per heavy atom. The molecule has 1 heterocycles. The van der Waals surface area contributed by atoms with Crippen molar-refractivity contribution in [2.75, 3.05) is 13.1 Å². The minimum Gasteiger partial charge on any atom is -0.480 e. The second kappa shape index (κ2) is 7.09. The van der Waals surface area contributed by atoms with E-state index in [9.17, 15) is 14.4 Å². The predicted octanol–water partition coefficient (Wildman–Crippen LogP) is -1.37. The van der Waals surface area contributed by atoms with Gasteiger partial charge in [0.2, 0.25) is 17.7 Å². The molecule has 9 nitrogen and oxygen atoms in total. The first-order valence-corrected chi connectivity index (χ1v) is 5.51. The number of carbonyl (C=O) groups is 3. The van der Waals surface area contributed by atoms with Crippen LogP contribution in [0.15, 0.2) is 4.52 Å². The predicted molar refractivity (Wildman–Crippen MR) is 61.0 cm³/mol. The van der Waals surface area contributed by atoms with E-state index in [-0.39, 0.29) is 25.3 Å². The number of aryl methyl sites for hydroxylation is 2. The van der Waals surface area contributed by atoms with E-state index in [1.165, 1.54) is 0 Å². The average molecular weight is 270 g/mol. The standard InChI is InChI=1S/C10H14N4O5/c1-6-13-9(19-14-6)3-2-7(15)11-4-8(16)12-5-10(17)18/h2-5H2,1H3,(H,11,15)(H,12,16)(H,17,18). The molecule has 2 amide bonds. The molecule has 0 aliphatic carbocycles. The number of hydrogen-bond acceptors (Lipinski definition) is 6. The van der Waals surface area contributed by atoms with Gasteiger partial charge >= 0.3 is 5.97 Å². The van der Waals surface area contributed by atoms with E-state index in [4.69, 9.17) is 9.63 Å². The van der Waals surface area contributed by atoms with Gasteiger partial charge in [0.15, 0.2) is 5.82 Å². The van der Waals surface area contributed by atoms with E-state index >= 15 is 0 Å². The number of aliphatic carboxylic acids is 1. The molecule has 0 radical (unpaired) electrons. The third-order valence-electron chi connectivity index (χ3n) is 2.02. The number of rotatable bonds is 7. The lowest BCUT2D eigenvalue weighted by atomic mass is 10.3. The normalized spacial score (nSPS) is 9.95. The highest BCUT2D eigenvalue weighted by molar-refractivity contribution is 5.86. The van der Waals surface area contributed by atoms with Gasteiger partial charge < -0.3 is 20.3 Å². The summed E-state index contributed by atoms with van der Waals surface area (Å²) in [6, 6.07) is 0.